The van der Waals surface area contributed by atoms with Crippen molar-refractivity contribution >= 4 is 5.91 Å². The maximum absolute atomic E-state index is 11.6. The third kappa shape index (κ3) is 4.02. The van der Waals surface area contributed by atoms with Gasteiger partial charge in [-0.3, -0.25) is 9.69 Å². The van der Waals surface area contributed by atoms with Gasteiger partial charge in [0.2, 0.25) is 5.91 Å². The summed E-state index contributed by atoms with van der Waals surface area (Å²) in [5.74, 6) is 0.822. The fourth-order valence-electron chi connectivity index (χ4n) is 4.88. The lowest BCUT2D eigenvalue weighted by Crippen LogP contribution is -2.50. The summed E-state index contributed by atoms with van der Waals surface area (Å²) in [4.78, 5) is 16.7. The molecule has 0 spiro atoms. The number of nitrogens with two attached hydrogens (primary N) is 1. The second-order valence-corrected chi connectivity index (χ2v) is 7.69. The quantitative estimate of drug-likeness (QED) is 0.811. The minimum absolute atomic E-state index is 0.0124. The number of hydrogen-bond acceptors (Lipinski definition) is 3. The number of primary amides is 1. The van der Waals surface area contributed by atoms with Crippen molar-refractivity contribution in [3.8, 4) is 0 Å². The van der Waals surface area contributed by atoms with E-state index in [4.69, 9.17) is 5.73 Å². The van der Waals surface area contributed by atoms with Crippen LogP contribution < -0.4 is 5.73 Å². The van der Waals surface area contributed by atoms with Crippen molar-refractivity contribution in [3.63, 3.8) is 0 Å². The Bertz CT molecular complexity index is 357. The van der Waals surface area contributed by atoms with Crippen LogP contribution in [0.4, 0.5) is 0 Å². The summed E-state index contributed by atoms with van der Waals surface area (Å²) in [6.45, 7) is 4.80. The predicted octanol–water partition coefficient (Wildman–Crippen LogP) is 2.37. The monoisotopic (exact) mass is 307 g/mol. The van der Waals surface area contributed by atoms with Gasteiger partial charge in [-0.05, 0) is 64.1 Å². The van der Waals surface area contributed by atoms with Gasteiger partial charge in [-0.15, -0.1) is 0 Å². The first-order valence-electron chi connectivity index (χ1n) is 9.51. The van der Waals surface area contributed by atoms with E-state index in [0.29, 0.717) is 6.04 Å². The Hall–Kier alpha value is -0.610. The molecule has 2 N–H and O–H groups in total. The van der Waals surface area contributed by atoms with Crippen molar-refractivity contribution in [3.05, 3.63) is 0 Å². The van der Waals surface area contributed by atoms with E-state index in [1.807, 2.05) is 0 Å². The molecule has 0 aromatic carbocycles. The number of likely N-dealkylation sites (tertiary alicyclic amines) is 2. The molecule has 3 rings (SSSR count). The minimum atomic E-state index is -0.113. The average Bonchev–Trinajstić information content (AvgIpc) is 2.88. The first kappa shape index (κ1) is 16.3. The van der Waals surface area contributed by atoms with Crippen molar-refractivity contribution in [1.29, 1.82) is 0 Å². The van der Waals surface area contributed by atoms with Crippen LogP contribution in [0.2, 0.25) is 0 Å². The second kappa shape index (κ2) is 7.78. The fourth-order valence-corrected chi connectivity index (χ4v) is 4.88. The van der Waals surface area contributed by atoms with E-state index in [9.17, 15) is 4.79 Å². The smallest absolute Gasteiger partial charge is 0.234 e. The zero-order chi connectivity index (χ0) is 15.4. The number of hydrogen-bond donors (Lipinski definition) is 1. The molecular formula is C18H33N3O. The molecule has 1 amide bonds. The maximum atomic E-state index is 11.6. The molecule has 1 atom stereocenters. The molecule has 0 radical (unpaired) electrons. The Morgan fingerprint density at radius 2 is 1.55 bits per heavy atom. The van der Waals surface area contributed by atoms with E-state index in [-0.39, 0.29) is 11.9 Å². The number of carbonyl (C=O) groups is 1. The molecule has 0 unspecified atom stereocenters. The summed E-state index contributed by atoms with van der Waals surface area (Å²) in [7, 11) is 0. The Balaban J connectivity index is 1.45. The molecule has 0 aromatic rings. The van der Waals surface area contributed by atoms with Crippen molar-refractivity contribution in [2.45, 2.75) is 76.3 Å². The highest BCUT2D eigenvalue weighted by atomic mass is 16.1. The average molecular weight is 307 g/mol. The van der Waals surface area contributed by atoms with Crippen molar-refractivity contribution in [1.82, 2.24) is 9.80 Å². The van der Waals surface area contributed by atoms with E-state index in [1.54, 1.807) is 0 Å². The maximum Gasteiger partial charge on any atom is 0.234 e. The molecule has 22 heavy (non-hydrogen) atoms. The molecule has 1 aliphatic carbocycles. The predicted molar refractivity (Wildman–Crippen MR) is 89.6 cm³/mol. The van der Waals surface area contributed by atoms with Gasteiger partial charge in [-0.2, -0.15) is 0 Å². The number of carbonyl (C=O) groups excluding carboxylic acids is 1. The standard InChI is InChI=1S/C18H33N3O/c19-18(22)17-8-5-11-21(17)16-9-12-20(13-10-16)14-15-6-3-1-2-4-7-15/h15-17H,1-14H2,(H2,19,22)/t17-/m1/s1. The third-order valence-corrected chi connectivity index (χ3v) is 6.14. The van der Waals surface area contributed by atoms with Crippen molar-refractivity contribution in [2.75, 3.05) is 26.2 Å². The van der Waals surface area contributed by atoms with Crippen LogP contribution in [0.3, 0.4) is 0 Å². The minimum Gasteiger partial charge on any atom is -0.368 e. The van der Waals surface area contributed by atoms with Gasteiger partial charge in [0, 0.05) is 12.6 Å². The van der Waals surface area contributed by atoms with E-state index >= 15 is 0 Å². The summed E-state index contributed by atoms with van der Waals surface area (Å²) in [5.41, 5.74) is 5.57. The highest BCUT2D eigenvalue weighted by molar-refractivity contribution is 5.80. The number of piperidine rings is 1. The number of nitrogens with zero attached hydrogens (tertiary/aromatic N) is 2. The van der Waals surface area contributed by atoms with Crippen LogP contribution in [-0.2, 0) is 4.79 Å². The molecular weight excluding hydrogens is 274 g/mol. The number of amides is 1. The molecule has 126 valence electrons. The fraction of sp³-hybridized carbons (Fsp3) is 0.944. The van der Waals surface area contributed by atoms with E-state index in [2.05, 4.69) is 9.80 Å². The molecule has 3 fully saturated rings. The zero-order valence-electron chi connectivity index (χ0n) is 14.0. The van der Waals surface area contributed by atoms with Crippen molar-refractivity contribution < 1.29 is 4.79 Å². The molecule has 1 saturated carbocycles. The van der Waals surface area contributed by atoms with Gasteiger partial charge in [0.1, 0.15) is 0 Å². The molecule has 4 nitrogen and oxygen atoms in total. The van der Waals surface area contributed by atoms with Crippen molar-refractivity contribution in [2.24, 2.45) is 11.7 Å². The van der Waals surface area contributed by atoms with E-state index in [1.165, 1.54) is 71.0 Å². The summed E-state index contributed by atoms with van der Waals surface area (Å²) in [6.07, 6.45) is 13.2. The van der Waals surface area contributed by atoms with E-state index in [0.717, 1.165) is 25.3 Å². The van der Waals surface area contributed by atoms with Gasteiger partial charge in [0.05, 0.1) is 6.04 Å². The second-order valence-electron chi connectivity index (χ2n) is 7.69. The lowest BCUT2D eigenvalue weighted by atomic mass is 9.96. The Labute approximate surface area is 135 Å². The lowest BCUT2D eigenvalue weighted by molar-refractivity contribution is -0.123. The van der Waals surface area contributed by atoms with Crippen LogP contribution in [0, 0.1) is 5.92 Å². The molecule has 2 aliphatic heterocycles. The topological polar surface area (TPSA) is 49.6 Å². The Morgan fingerprint density at radius 3 is 2.18 bits per heavy atom. The van der Waals surface area contributed by atoms with Gasteiger partial charge < -0.3 is 10.6 Å². The van der Waals surface area contributed by atoms with Gasteiger partial charge in [0.15, 0.2) is 0 Å². The van der Waals surface area contributed by atoms with Crippen LogP contribution >= 0.6 is 0 Å². The first-order chi connectivity index (χ1) is 10.7. The zero-order valence-corrected chi connectivity index (χ0v) is 14.0. The highest BCUT2D eigenvalue weighted by Gasteiger charge is 2.35. The summed E-state index contributed by atoms with van der Waals surface area (Å²) in [6, 6.07) is 0.601. The normalized spacial score (nSPS) is 30.5. The molecule has 4 heteroatoms. The highest BCUT2D eigenvalue weighted by Crippen LogP contribution is 2.28. The molecule has 0 aromatic heterocycles. The Morgan fingerprint density at radius 1 is 0.864 bits per heavy atom. The van der Waals surface area contributed by atoms with Crippen LogP contribution in [-0.4, -0.2) is 54.0 Å². The summed E-state index contributed by atoms with van der Waals surface area (Å²) in [5, 5.41) is 0. The summed E-state index contributed by atoms with van der Waals surface area (Å²) < 4.78 is 0. The first-order valence-corrected chi connectivity index (χ1v) is 9.51. The molecule has 2 saturated heterocycles. The van der Waals surface area contributed by atoms with Gasteiger partial charge in [-0.25, -0.2) is 0 Å². The Kier molecular flexibility index (Phi) is 5.75. The van der Waals surface area contributed by atoms with Crippen LogP contribution in [0.5, 0.6) is 0 Å². The lowest BCUT2D eigenvalue weighted by Gasteiger charge is -2.39. The SMILES string of the molecule is NC(=O)[C@H]1CCCN1C1CCN(CC2CCCCCC2)CC1. The molecule has 3 aliphatic rings. The largest absolute Gasteiger partial charge is 0.368 e. The third-order valence-electron chi connectivity index (χ3n) is 6.14. The van der Waals surface area contributed by atoms with E-state index < -0.39 is 0 Å². The van der Waals surface area contributed by atoms with Gasteiger partial charge in [-0.1, -0.05) is 25.7 Å². The van der Waals surface area contributed by atoms with Crippen LogP contribution in [0.25, 0.3) is 0 Å². The number of rotatable bonds is 4. The molecule has 0 bridgehead atoms. The van der Waals surface area contributed by atoms with Crippen LogP contribution in [0.15, 0.2) is 0 Å². The van der Waals surface area contributed by atoms with Crippen LogP contribution in [0.1, 0.15) is 64.2 Å². The molecule has 2 heterocycles. The summed E-state index contributed by atoms with van der Waals surface area (Å²) >= 11 is 0. The van der Waals surface area contributed by atoms with Gasteiger partial charge in [0.25, 0.3) is 0 Å². The van der Waals surface area contributed by atoms with Gasteiger partial charge >= 0.3 is 0 Å².